The van der Waals surface area contributed by atoms with E-state index in [0.29, 0.717) is 0 Å². The zero-order valence-corrected chi connectivity index (χ0v) is 3.75. The average Bonchev–Trinajstić information content (AvgIpc) is 1.65. The van der Waals surface area contributed by atoms with Crippen LogP contribution in [0.5, 0.6) is 0 Å². The number of nitrogens with one attached hydrogen (secondary N) is 1. The molecule has 0 saturated heterocycles. The molecule has 0 aromatic carbocycles. The Morgan fingerprint density at radius 3 is 2.25 bits per heavy atom. The molecule has 0 aliphatic rings. The fraction of sp³-hybridized carbons (Fsp3) is 0. The number of hydrogen-bond acceptors (Lipinski definition) is 4. The minimum absolute atomic E-state index is 1.03. The molecule has 0 atom stereocenters. The summed E-state index contributed by atoms with van der Waals surface area (Å²) in [7, 11) is 0. The summed E-state index contributed by atoms with van der Waals surface area (Å²) in [5.41, 5.74) is 5.37. The molecule has 6 heteroatoms. The quantitative estimate of drug-likeness (QED) is 0.221. The van der Waals surface area contributed by atoms with Gasteiger partial charge in [0, 0.05) is 0 Å². The summed E-state index contributed by atoms with van der Waals surface area (Å²) in [4.78, 5) is 19.3. The van der Waals surface area contributed by atoms with E-state index in [0.717, 1.165) is 5.48 Å². The van der Waals surface area contributed by atoms with E-state index >= 15 is 0 Å². The van der Waals surface area contributed by atoms with Crippen LogP contribution in [-0.2, 0) is 4.74 Å². The smallest absolute Gasteiger partial charge is 0.358 e. The van der Waals surface area contributed by atoms with Crippen molar-refractivity contribution in [2.24, 2.45) is 5.73 Å². The van der Waals surface area contributed by atoms with Gasteiger partial charge in [-0.15, -0.1) is 0 Å². The number of carbonyl (C=O) groups is 2. The molecule has 0 aliphatic heterocycles. The molecule has 0 bridgehead atoms. The van der Waals surface area contributed by atoms with Crippen LogP contribution in [-0.4, -0.2) is 17.4 Å². The lowest BCUT2D eigenvalue weighted by Gasteiger charge is -1.92. The first-order chi connectivity index (χ1) is 3.66. The van der Waals surface area contributed by atoms with Gasteiger partial charge in [0.15, 0.2) is 0 Å². The molecule has 6 nitrogen and oxygen atoms in total. The standard InChI is InChI=1S/C2H4N2O4/c3-1(5)8-2(6)4-7/h7H,(H2,3,5)(H,4,6). The van der Waals surface area contributed by atoms with Crippen molar-refractivity contribution in [1.29, 1.82) is 0 Å². The summed E-state index contributed by atoms with van der Waals surface area (Å²) in [5.74, 6) is 0. The van der Waals surface area contributed by atoms with Gasteiger partial charge in [0.25, 0.3) is 0 Å². The Morgan fingerprint density at radius 2 is 2.12 bits per heavy atom. The number of ether oxygens (including phenoxy) is 1. The molecule has 2 amide bonds. The number of hydrogen-bond donors (Lipinski definition) is 3. The van der Waals surface area contributed by atoms with E-state index in [9.17, 15) is 9.59 Å². The van der Waals surface area contributed by atoms with E-state index in [-0.39, 0.29) is 0 Å². The van der Waals surface area contributed by atoms with Gasteiger partial charge in [0.05, 0.1) is 0 Å². The maximum Gasteiger partial charge on any atom is 0.440 e. The van der Waals surface area contributed by atoms with Gasteiger partial charge in [-0.1, -0.05) is 0 Å². The molecule has 0 aliphatic carbocycles. The SMILES string of the molecule is NC(=O)OC(=O)NO. The second-order valence-corrected chi connectivity index (χ2v) is 0.820. The van der Waals surface area contributed by atoms with Crippen LogP contribution in [0.25, 0.3) is 0 Å². The highest BCUT2D eigenvalue weighted by Crippen LogP contribution is 1.71. The summed E-state index contributed by atoms with van der Waals surface area (Å²) in [6.07, 6.45) is -2.56. The summed E-state index contributed by atoms with van der Waals surface area (Å²) in [6, 6.07) is 0. The number of primary amides is 1. The van der Waals surface area contributed by atoms with Gasteiger partial charge in [-0.3, -0.25) is 5.21 Å². The van der Waals surface area contributed by atoms with E-state index in [2.05, 4.69) is 10.5 Å². The number of rotatable bonds is 0. The molecule has 0 rings (SSSR count). The van der Waals surface area contributed by atoms with Gasteiger partial charge >= 0.3 is 12.2 Å². The molecule has 0 aromatic heterocycles. The second kappa shape index (κ2) is 2.80. The Kier molecular flexibility index (Phi) is 2.35. The Morgan fingerprint density at radius 1 is 1.62 bits per heavy atom. The van der Waals surface area contributed by atoms with E-state index < -0.39 is 12.2 Å². The highest BCUT2D eigenvalue weighted by molar-refractivity contribution is 5.81. The van der Waals surface area contributed by atoms with Gasteiger partial charge in [-0.25, -0.2) is 15.1 Å². The van der Waals surface area contributed by atoms with Crippen molar-refractivity contribution >= 4 is 12.2 Å². The lowest BCUT2D eigenvalue weighted by atomic mass is 11.1. The Bertz CT molecular complexity index is 111. The van der Waals surface area contributed by atoms with E-state index in [4.69, 9.17) is 5.21 Å². The third kappa shape index (κ3) is 2.91. The Labute approximate surface area is 44.2 Å². The molecule has 0 spiro atoms. The highest BCUT2D eigenvalue weighted by atomic mass is 16.6. The zero-order valence-electron chi connectivity index (χ0n) is 3.75. The molecule has 0 radical (unpaired) electrons. The zero-order chi connectivity index (χ0) is 6.57. The van der Waals surface area contributed by atoms with Crippen molar-refractivity contribution in [3.05, 3.63) is 0 Å². The van der Waals surface area contributed by atoms with Crippen molar-refractivity contribution in [3.63, 3.8) is 0 Å². The van der Waals surface area contributed by atoms with Crippen LogP contribution in [0.3, 0.4) is 0 Å². The predicted octanol–water partition coefficient (Wildman–Crippen LogP) is -0.820. The first-order valence-corrected chi connectivity index (χ1v) is 1.58. The molecular formula is C2H4N2O4. The van der Waals surface area contributed by atoms with Gasteiger partial charge in [0.1, 0.15) is 0 Å². The van der Waals surface area contributed by atoms with Gasteiger partial charge in [-0.2, -0.15) is 0 Å². The first-order valence-electron chi connectivity index (χ1n) is 1.58. The Hall–Kier alpha value is -1.30. The highest BCUT2D eigenvalue weighted by Gasteiger charge is 2.01. The summed E-state index contributed by atoms with van der Waals surface area (Å²) < 4.78 is 3.54. The second-order valence-electron chi connectivity index (χ2n) is 0.820. The van der Waals surface area contributed by atoms with Gasteiger partial charge in [-0.05, 0) is 0 Å². The molecular weight excluding hydrogens is 116 g/mol. The maximum atomic E-state index is 9.74. The molecule has 0 fully saturated rings. The predicted molar refractivity (Wildman–Crippen MR) is 21.0 cm³/mol. The van der Waals surface area contributed by atoms with Crippen molar-refractivity contribution in [2.75, 3.05) is 0 Å². The number of amides is 2. The largest absolute Gasteiger partial charge is 0.440 e. The van der Waals surface area contributed by atoms with Crippen LogP contribution in [0.1, 0.15) is 0 Å². The summed E-state index contributed by atoms with van der Waals surface area (Å²) >= 11 is 0. The lowest BCUT2D eigenvalue weighted by molar-refractivity contribution is 0.107. The van der Waals surface area contributed by atoms with Crippen molar-refractivity contribution in [1.82, 2.24) is 5.48 Å². The maximum absolute atomic E-state index is 9.74. The molecule has 0 unspecified atom stereocenters. The van der Waals surface area contributed by atoms with Crippen LogP contribution in [0, 0.1) is 0 Å². The molecule has 46 valence electrons. The van der Waals surface area contributed by atoms with E-state index in [1.54, 1.807) is 0 Å². The van der Waals surface area contributed by atoms with Gasteiger partial charge in [0.2, 0.25) is 0 Å². The van der Waals surface area contributed by atoms with Crippen LogP contribution in [0.2, 0.25) is 0 Å². The van der Waals surface area contributed by atoms with Crippen LogP contribution >= 0.6 is 0 Å². The molecule has 0 heterocycles. The fourth-order valence-corrected chi connectivity index (χ4v) is 0.114. The van der Waals surface area contributed by atoms with Crippen molar-refractivity contribution in [3.8, 4) is 0 Å². The van der Waals surface area contributed by atoms with Crippen LogP contribution in [0.4, 0.5) is 9.59 Å². The minimum Gasteiger partial charge on any atom is -0.358 e. The minimum atomic E-state index is -1.29. The van der Waals surface area contributed by atoms with Gasteiger partial charge < -0.3 is 10.5 Å². The third-order valence-electron chi connectivity index (χ3n) is 0.285. The molecule has 0 aromatic rings. The average molecular weight is 120 g/mol. The monoisotopic (exact) mass is 120 g/mol. The molecule has 0 saturated carbocycles. The Balaban J connectivity index is 3.40. The summed E-state index contributed by atoms with van der Waals surface area (Å²) in [6.45, 7) is 0. The normalized spacial score (nSPS) is 7.62. The third-order valence-corrected chi connectivity index (χ3v) is 0.285. The first kappa shape index (κ1) is 6.70. The van der Waals surface area contributed by atoms with E-state index in [1.165, 1.54) is 0 Å². The van der Waals surface area contributed by atoms with Crippen molar-refractivity contribution < 1.29 is 19.5 Å². The number of carbonyl (C=O) groups excluding carboxylic acids is 2. The number of nitrogens with two attached hydrogens (primary N) is 1. The van der Waals surface area contributed by atoms with Crippen molar-refractivity contribution in [2.45, 2.75) is 0 Å². The topological polar surface area (TPSA) is 102 Å². The van der Waals surface area contributed by atoms with Crippen LogP contribution < -0.4 is 11.2 Å². The number of hydroxylamine groups is 1. The lowest BCUT2D eigenvalue weighted by Crippen LogP contribution is -2.26. The van der Waals surface area contributed by atoms with E-state index in [1.807, 2.05) is 0 Å². The molecule has 4 N–H and O–H groups in total. The molecule has 8 heavy (non-hydrogen) atoms. The summed E-state index contributed by atoms with van der Waals surface area (Å²) in [5, 5.41) is 7.65. The fourth-order valence-electron chi connectivity index (χ4n) is 0.114. The van der Waals surface area contributed by atoms with Crippen LogP contribution in [0.15, 0.2) is 0 Å².